The quantitative estimate of drug-likeness (QED) is 0.120. The van der Waals surface area contributed by atoms with Crippen molar-refractivity contribution in [2.75, 3.05) is 26.4 Å². The first-order valence-corrected chi connectivity index (χ1v) is 21.0. The number of aliphatic hydroxyl groups is 10. The molecule has 0 spiro atoms. The zero-order valence-corrected chi connectivity index (χ0v) is 34.0. The van der Waals surface area contributed by atoms with Crippen LogP contribution >= 0.6 is 0 Å². The van der Waals surface area contributed by atoms with E-state index in [9.17, 15) is 51.1 Å². The van der Waals surface area contributed by atoms with E-state index < -0.39 is 92.2 Å². The van der Waals surface area contributed by atoms with Gasteiger partial charge in [0.15, 0.2) is 12.6 Å². The van der Waals surface area contributed by atoms with Gasteiger partial charge in [-0.25, -0.2) is 0 Å². The van der Waals surface area contributed by atoms with E-state index in [2.05, 4.69) is 40.7 Å². The SMILES string of the molecule is C[C@@]1(CO[C@@H]2O[C@H](CO)[C@@H](O)[C@H](O)[C@H]2O)CC[C@]2(C)CC[C@]3(C)C(=CC[C@@H]4[C@@]5(C)CC[C@H](O[C@@H]6O[C@H](CO)[C@@H](O)[C@H](O)[C@H]6O)[C@@](C)(CO)[C@H]5[C@H](O)C[C@]43C)[C@@H]2C1. The van der Waals surface area contributed by atoms with Crippen molar-refractivity contribution in [3.8, 4) is 0 Å². The molecule has 56 heavy (non-hydrogen) atoms. The molecule has 6 fully saturated rings. The van der Waals surface area contributed by atoms with Crippen molar-refractivity contribution in [3.05, 3.63) is 11.6 Å². The summed E-state index contributed by atoms with van der Waals surface area (Å²) in [5.74, 6) is 0.0842. The number of aliphatic hydroxyl groups excluding tert-OH is 10. The summed E-state index contributed by atoms with van der Waals surface area (Å²) in [6, 6.07) is 0. The van der Waals surface area contributed by atoms with Gasteiger partial charge in [0.05, 0.1) is 38.6 Å². The van der Waals surface area contributed by atoms with Crippen molar-refractivity contribution in [2.45, 2.75) is 173 Å². The fourth-order valence-electron chi connectivity index (χ4n) is 13.8. The number of rotatable bonds is 8. The summed E-state index contributed by atoms with van der Waals surface area (Å²) in [5, 5.41) is 106. The Labute approximate surface area is 330 Å². The highest BCUT2D eigenvalue weighted by Crippen LogP contribution is 2.76. The highest BCUT2D eigenvalue weighted by Gasteiger charge is 2.71. The van der Waals surface area contributed by atoms with Gasteiger partial charge in [-0.1, -0.05) is 53.2 Å². The molecule has 0 bridgehead atoms. The summed E-state index contributed by atoms with van der Waals surface area (Å²) in [4.78, 5) is 0. The van der Waals surface area contributed by atoms with Gasteiger partial charge in [0.2, 0.25) is 0 Å². The van der Waals surface area contributed by atoms with Crippen LogP contribution in [0.15, 0.2) is 11.6 Å². The smallest absolute Gasteiger partial charge is 0.186 e. The minimum Gasteiger partial charge on any atom is -0.396 e. The molecule has 7 aliphatic rings. The first kappa shape index (κ1) is 43.3. The van der Waals surface area contributed by atoms with E-state index in [1.807, 2.05) is 6.92 Å². The van der Waals surface area contributed by atoms with Gasteiger partial charge >= 0.3 is 0 Å². The van der Waals surface area contributed by atoms with Gasteiger partial charge in [-0.2, -0.15) is 0 Å². The van der Waals surface area contributed by atoms with Crippen LogP contribution in [0.25, 0.3) is 0 Å². The van der Waals surface area contributed by atoms with E-state index >= 15 is 0 Å². The van der Waals surface area contributed by atoms with Crippen molar-refractivity contribution < 1.29 is 70.0 Å². The molecule has 5 aliphatic carbocycles. The Morgan fingerprint density at radius 2 is 1.29 bits per heavy atom. The van der Waals surface area contributed by atoms with Crippen molar-refractivity contribution in [2.24, 2.45) is 50.2 Å². The van der Waals surface area contributed by atoms with E-state index in [0.29, 0.717) is 19.3 Å². The third-order valence-electron chi connectivity index (χ3n) is 17.5. The second kappa shape index (κ2) is 15.0. The predicted octanol–water partition coefficient (Wildman–Crippen LogP) is 0.733. The van der Waals surface area contributed by atoms with Crippen LogP contribution in [0.5, 0.6) is 0 Å². The number of ether oxygens (including phenoxy) is 4. The molecule has 0 aromatic carbocycles. The molecule has 10 N–H and O–H groups in total. The van der Waals surface area contributed by atoms with Gasteiger partial charge < -0.3 is 70.0 Å². The standard InChI is InChI=1S/C42H70O14/c1-37(20-53-35-32(51)30(49)28(47)24(17-43)54-35)11-12-38(2)13-14-41(5)21(22(38)15-37)7-8-26-39(3)10-9-27(40(4,19-45)34(39)23(46)16-42(26,41)6)56-36-33(52)31(50)29(48)25(18-44)55-36/h7,22-36,43-52H,8-20H2,1-6H3/t22-,23+,24+,25+,26+,27-,28+,29+,30-,31-,32+,33+,34-,35+,36-,37+,38+,39+,40+,41+,42+/m0/s1. The number of hydrogen-bond donors (Lipinski definition) is 10. The molecule has 4 saturated carbocycles. The maximum absolute atomic E-state index is 12.5. The van der Waals surface area contributed by atoms with Crippen LogP contribution in [0.3, 0.4) is 0 Å². The maximum atomic E-state index is 12.5. The average Bonchev–Trinajstić information content (AvgIpc) is 3.15. The summed E-state index contributed by atoms with van der Waals surface area (Å²) < 4.78 is 24.0. The lowest BCUT2D eigenvalue weighted by Crippen LogP contribution is -2.70. The molecule has 14 nitrogen and oxygen atoms in total. The topological polar surface area (TPSA) is 239 Å². The largest absolute Gasteiger partial charge is 0.396 e. The van der Waals surface area contributed by atoms with Gasteiger partial charge in [0.1, 0.15) is 48.8 Å². The van der Waals surface area contributed by atoms with Gasteiger partial charge in [-0.15, -0.1) is 0 Å². The summed E-state index contributed by atoms with van der Waals surface area (Å²) in [7, 11) is 0. The second-order valence-corrected chi connectivity index (χ2v) is 20.7. The van der Waals surface area contributed by atoms with Crippen LogP contribution in [-0.4, -0.2) is 151 Å². The van der Waals surface area contributed by atoms with Gasteiger partial charge in [0, 0.05) is 11.3 Å². The van der Waals surface area contributed by atoms with Gasteiger partial charge in [-0.3, -0.25) is 0 Å². The summed E-state index contributed by atoms with van der Waals surface area (Å²) in [6.45, 7) is 12.5. The summed E-state index contributed by atoms with van der Waals surface area (Å²) >= 11 is 0. The molecular weight excluding hydrogens is 728 g/mol. The molecule has 14 heteroatoms. The zero-order valence-electron chi connectivity index (χ0n) is 34.0. The fourth-order valence-corrected chi connectivity index (χ4v) is 13.8. The summed E-state index contributed by atoms with van der Waals surface area (Å²) in [6.07, 6.45) is -5.30. The molecule has 21 atom stereocenters. The first-order valence-electron chi connectivity index (χ1n) is 21.0. The number of fused-ring (bicyclic) bond motifs is 7. The molecule has 322 valence electrons. The van der Waals surface area contributed by atoms with Crippen LogP contribution in [0.2, 0.25) is 0 Å². The van der Waals surface area contributed by atoms with E-state index in [1.165, 1.54) is 5.57 Å². The molecule has 0 unspecified atom stereocenters. The van der Waals surface area contributed by atoms with Crippen LogP contribution in [0.4, 0.5) is 0 Å². The van der Waals surface area contributed by atoms with E-state index in [0.717, 1.165) is 38.5 Å². The van der Waals surface area contributed by atoms with Crippen LogP contribution in [0.1, 0.15) is 99.3 Å². The second-order valence-electron chi connectivity index (χ2n) is 20.7. The average molecular weight is 799 g/mol. The zero-order chi connectivity index (χ0) is 41.0. The minimum atomic E-state index is -1.58. The van der Waals surface area contributed by atoms with Crippen molar-refractivity contribution >= 4 is 0 Å². The van der Waals surface area contributed by atoms with E-state index in [-0.39, 0.29) is 58.0 Å². The molecular formula is C42H70O14. The monoisotopic (exact) mass is 798 g/mol. The van der Waals surface area contributed by atoms with Crippen LogP contribution in [-0.2, 0) is 18.9 Å². The van der Waals surface area contributed by atoms with E-state index in [4.69, 9.17) is 18.9 Å². The third kappa shape index (κ3) is 6.42. The Kier molecular flexibility index (Phi) is 11.6. The van der Waals surface area contributed by atoms with Crippen molar-refractivity contribution in [1.82, 2.24) is 0 Å². The Balaban J connectivity index is 1.13. The van der Waals surface area contributed by atoms with Crippen molar-refractivity contribution in [3.63, 3.8) is 0 Å². The highest BCUT2D eigenvalue weighted by atomic mass is 16.7. The maximum Gasteiger partial charge on any atom is 0.186 e. The molecule has 0 radical (unpaired) electrons. The minimum absolute atomic E-state index is 0.0756. The normalized spacial score (nSPS) is 57.3. The van der Waals surface area contributed by atoms with Gasteiger partial charge in [-0.05, 0) is 96.7 Å². The Morgan fingerprint density at radius 1 is 0.696 bits per heavy atom. The Bertz CT molecular complexity index is 1460. The van der Waals surface area contributed by atoms with Crippen LogP contribution < -0.4 is 0 Å². The summed E-state index contributed by atoms with van der Waals surface area (Å²) in [5.41, 5.74) is -0.560. The number of hydrogen-bond acceptors (Lipinski definition) is 14. The third-order valence-corrected chi connectivity index (χ3v) is 17.5. The Morgan fingerprint density at radius 3 is 1.89 bits per heavy atom. The predicted molar refractivity (Wildman–Crippen MR) is 200 cm³/mol. The van der Waals surface area contributed by atoms with Crippen LogP contribution in [0, 0.1) is 50.2 Å². The first-order chi connectivity index (χ1) is 26.2. The molecule has 7 rings (SSSR count). The van der Waals surface area contributed by atoms with Gasteiger partial charge in [0.25, 0.3) is 0 Å². The lowest BCUT2D eigenvalue weighted by atomic mass is 9.33. The van der Waals surface area contributed by atoms with Crippen molar-refractivity contribution in [1.29, 1.82) is 0 Å². The fraction of sp³-hybridized carbons (Fsp3) is 0.952. The molecule has 2 heterocycles. The molecule has 0 aromatic rings. The van der Waals surface area contributed by atoms with E-state index in [1.54, 1.807) is 0 Å². The number of allylic oxidation sites excluding steroid dienone is 2. The molecule has 2 saturated heterocycles. The highest BCUT2D eigenvalue weighted by molar-refractivity contribution is 5.34. The molecule has 0 aromatic heterocycles. The lowest BCUT2D eigenvalue weighted by Gasteiger charge is -2.72. The lowest BCUT2D eigenvalue weighted by molar-refractivity contribution is -0.338. The molecule has 0 amide bonds. The Hall–Kier alpha value is -0.820. The molecule has 2 aliphatic heterocycles.